The molecule has 1 aliphatic rings. The van der Waals surface area contributed by atoms with Crippen LogP contribution in [0.5, 0.6) is 0 Å². The molecule has 0 amide bonds. The number of hydrogen-bond acceptors (Lipinski definition) is 3. The Labute approximate surface area is 107 Å². The SMILES string of the molecule is C[C@@H](N)c1c(F)cccc1N1CCC(CO)CC1. The number of aliphatic hydroxyl groups is 1. The van der Waals surface area contributed by atoms with E-state index in [-0.39, 0.29) is 18.5 Å². The average molecular weight is 252 g/mol. The minimum absolute atomic E-state index is 0.230. The summed E-state index contributed by atoms with van der Waals surface area (Å²) in [5.41, 5.74) is 7.37. The van der Waals surface area contributed by atoms with Crippen molar-refractivity contribution in [2.45, 2.75) is 25.8 Å². The summed E-state index contributed by atoms with van der Waals surface area (Å²) in [5.74, 6) is 0.153. The lowest BCUT2D eigenvalue weighted by Crippen LogP contribution is -2.35. The lowest BCUT2D eigenvalue weighted by molar-refractivity contribution is 0.203. The van der Waals surface area contributed by atoms with Gasteiger partial charge in [0.1, 0.15) is 5.82 Å². The first-order valence-electron chi connectivity index (χ1n) is 6.53. The van der Waals surface area contributed by atoms with Crippen molar-refractivity contribution in [1.29, 1.82) is 0 Å². The monoisotopic (exact) mass is 252 g/mol. The lowest BCUT2D eigenvalue weighted by Gasteiger charge is -2.34. The van der Waals surface area contributed by atoms with Crippen molar-refractivity contribution in [2.75, 3.05) is 24.6 Å². The number of piperidine rings is 1. The lowest BCUT2D eigenvalue weighted by atomic mass is 9.96. The number of benzene rings is 1. The van der Waals surface area contributed by atoms with Gasteiger partial charge in [-0.05, 0) is 37.8 Å². The highest BCUT2D eigenvalue weighted by Crippen LogP contribution is 2.30. The maximum absolute atomic E-state index is 13.9. The molecule has 1 fully saturated rings. The molecule has 1 aliphatic heterocycles. The van der Waals surface area contributed by atoms with E-state index in [1.807, 2.05) is 13.0 Å². The number of hydrogen-bond donors (Lipinski definition) is 2. The predicted octanol–water partition coefficient (Wildman–Crippen LogP) is 2.05. The van der Waals surface area contributed by atoms with Crippen molar-refractivity contribution in [3.63, 3.8) is 0 Å². The maximum Gasteiger partial charge on any atom is 0.130 e. The summed E-state index contributed by atoms with van der Waals surface area (Å²) in [5, 5.41) is 9.14. The van der Waals surface area contributed by atoms with Crippen LogP contribution in [0.2, 0.25) is 0 Å². The predicted molar refractivity (Wildman–Crippen MR) is 71.0 cm³/mol. The fourth-order valence-electron chi connectivity index (χ4n) is 2.61. The molecule has 0 bridgehead atoms. The number of aliphatic hydroxyl groups excluding tert-OH is 1. The fraction of sp³-hybridized carbons (Fsp3) is 0.571. The van der Waals surface area contributed by atoms with Crippen molar-refractivity contribution in [3.05, 3.63) is 29.6 Å². The third kappa shape index (κ3) is 2.65. The third-order valence-corrected chi connectivity index (χ3v) is 3.70. The van der Waals surface area contributed by atoms with Crippen molar-refractivity contribution >= 4 is 5.69 Å². The molecule has 1 aromatic rings. The maximum atomic E-state index is 13.9. The summed E-state index contributed by atoms with van der Waals surface area (Å²) >= 11 is 0. The molecular formula is C14H21FN2O. The van der Waals surface area contributed by atoms with E-state index in [2.05, 4.69) is 4.90 Å². The van der Waals surface area contributed by atoms with E-state index in [4.69, 9.17) is 10.8 Å². The topological polar surface area (TPSA) is 49.5 Å². The first-order valence-corrected chi connectivity index (χ1v) is 6.53. The smallest absolute Gasteiger partial charge is 0.130 e. The van der Waals surface area contributed by atoms with E-state index in [0.29, 0.717) is 11.5 Å². The molecule has 3 nitrogen and oxygen atoms in total. The van der Waals surface area contributed by atoms with Gasteiger partial charge in [0.15, 0.2) is 0 Å². The highest BCUT2D eigenvalue weighted by atomic mass is 19.1. The Kier molecular flexibility index (Phi) is 4.19. The van der Waals surface area contributed by atoms with Gasteiger partial charge < -0.3 is 15.7 Å². The van der Waals surface area contributed by atoms with Gasteiger partial charge in [-0.25, -0.2) is 4.39 Å². The molecule has 1 saturated heterocycles. The van der Waals surface area contributed by atoms with Crippen LogP contribution in [0.4, 0.5) is 10.1 Å². The van der Waals surface area contributed by atoms with Crippen LogP contribution in [0.25, 0.3) is 0 Å². The van der Waals surface area contributed by atoms with Crippen LogP contribution in [0.15, 0.2) is 18.2 Å². The molecule has 3 N–H and O–H groups in total. The molecular weight excluding hydrogens is 231 g/mol. The van der Waals surface area contributed by atoms with Crippen LogP contribution in [0, 0.1) is 11.7 Å². The van der Waals surface area contributed by atoms with Crippen LogP contribution >= 0.6 is 0 Å². The van der Waals surface area contributed by atoms with E-state index >= 15 is 0 Å². The third-order valence-electron chi connectivity index (χ3n) is 3.70. The van der Waals surface area contributed by atoms with Crippen LogP contribution < -0.4 is 10.6 Å². The Balaban J connectivity index is 2.21. The molecule has 0 radical (unpaired) electrons. The second-order valence-corrected chi connectivity index (χ2v) is 5.07. The van der Waals surface area contributed by atoms with Crippen LogP contribution in [-0.4, -0.2) is 24.8 Å². The van der Waals surface area contributed by atoms with Crippen molar-refractivity contribution < 1.29 is 9.50 Å². The molecule has 0 saturated carbocycles. The number of nitrogens with two attached hydrogens (primary N) is 1. The molecule has 18 heavy (non-hydrogen) atoms. The summed E-state index contributed by atoms with van der Waals surface area (Å²) in [4.78, 5) is 2.17. The van der Waals surface area contributed by atoms with E-state index in [1.165, 1.54) is 6.07 Å². The molecule has 100 valence electrons. The van der Waals surface area contributed by atoms with Gasteiger partial charge in [-0.2, -0.15) is 0 Å². The molecule has 1 atom stereocenters. The number of rotatable bonds is 3. The molecule has 4 heteroatoms. The quantitative estimate of drug-likeness (QED) is 0.865. The Morgan fingerprint density at radius 1 is 1.44 bits per heavy atom. The van der Waals surface area contributed by atoms with E-state index < -0.39 is 0 Å². The summed E-state index contributed by atoms with van der Waals surface area (Å²) in [6, 6.07) is 4.81. The number of nitrogens with zero attached hydrogens (tertiary/aromatic N) is 1. The standard InChI is InChI=1S/C14H21FN2O/c1-10(16)14-12(15)3-2-4-13(14)17-7-5-11(9-18)6-8-17/h2-4,10-11,18H,5-9,16H2,1H3/t10-/m1/s1. The molecule has 1 heterocycles. The minimum atomic E-state index is -0.309. The molecule has 0 aliphatic carbocycles. The fourth-order valence-corrected chi connectivity index (χ4v) is 2.61. The van der Waals surface area contributed by atoms with Gasteiger partial charge in [-0.15, -0.1) is 0 Å². The first-order chi connectivity index (χ1) is 8.63. The van der Waals surface area contributed by atoms with Gasteiger partial charge in [0.2, 0.25) is 0 Å². The zero-order valence-electron chi connectivity index (χ0n) is 10.8. The summed E-state index contributed by atoms with van der Waals surface area (Å²) in [7, 11) is 0. The second kappa shape index (κ2) is 5.67. The van der Waals surface area contributed by atoms with Crippen LogP contribution in [0.3, 0.4) is 0 Å². The van der Waals surface area contributed by atoms with Gasteiger partial charge in [-0.1, -0.05) is 6.07 Å². The van der Waals surface area contributed by atoms with E-state index in [0.717, 1.165) is 31.6 Å². The van der Waals surface area contributed by atoms with Gasteiger partial charge >= 0.3 is 0 Å². The zero-order valence-corrected chi connectivity index (χ0v) is 10.8. The Morgan fingerprint density at radius 3 is 2.67 bits per heavy atom. The van der Waals surface area contributed by atoms with Gasteiger partial charge in [0, 0.05) is 37.0 Å². The van der Waals surface area contributed by atoms with E-state index in [1.54, 1.807) is 6.07 Å². The average Bonchev–Trinajstić information content (AvgIpc) is 2.38. The molecule has 1 aromatic carbocycles. The van der Waals surface area contributed by atoms with Crippen LogP contribution in [0.1, 0.15) is 31.4 Å². The normalized spacial score (nSPS) is 19.0. The largest absolute Gasteiger partial charge is 0.396 e. The summed E-state index contributed by atoms with van der Waals surface area (Å²) < 4.78 is 13.9. The van der Waals surface area contributed by atoms with Crippen molar-refractivity contribution in [2.24, 2.45) is 11.7 Å². The van der Waals surface area contributed by atoms with Crippen molar-refractivity contribution in [3.8, 4) is 0 Å². The van der Waals surface area contributed by atoms with Crippen molar-refractivity contribution in [1.82, 2.24) is 0 Å². The van der Waals surface area contributed by atoms with Gasteiger partial charge in [0.05, 0.1) is 0 Å². The summed E-state index contributed by atoms with van der Waals surface area (Å²) in [6.07, 6.45) is 1.90. The zero-order chi connectivity index (χ0) is 13.1. The summed E-state index contributed by atoms with van der Waals surface area (Å²) in [6.45, 7) is 3.77. The highest BCUT2D eigenvalue weighted by molar-refractivity contribution is 5.55. The highest BCUT2D eigenvalue weighted by Gasteiger charge is 2.22. The molecule has 0 aromatic heterocycles. The Bertz CT molecular complexity index is 401. The molecule has 2 rings (SSSR count). The van der Waals surface area contributed by atoms with Crippen LogP contribution in [-0.2, 0) is 0 Å². The van der Waals surface area contributed by atoms with Gasteiger partial charge in [-0.3, -0.25) is 0 Å². The first kappa shape index (κ1) is 13.3. The minimum Gasteiger partial charge on any atom is -0.396 e. The second-order valence-electron chi connectivity index (χ2n) is 5.07. The molecule has 0 spiro atoms. The van der Waals surface area contributed by atoms with Gasteiger partial charge in [0.25, 0.3) is 0 Å². The number of anilines is 1. The number of halogens is 1. The Morgan fingerprint density at radius 2 is 2.11 bits per heavy atom. The Hall–Kier alpha value is -1.13. The molecule has 0 unspecified atom stereocenters. The van der Waals surface area contributed by atoms with E-state index in [9.17, 15) is 4.39 Å².